The molecule has 0 aliphatic heterocycles. The van der Waals surface area contributed by atoms with Crippen LogP contribution >= 0.6 is 0 Å². The number of H-pyrrole nitrogens is 1. The summed E-state index contributed by atoms with van der Waals surface area (Å²) in [6, 6.07) is 17.0. The van der Waals surface area contributed by atoms with Gasteiger partial charge < -0.3 is 10.3 Å². The Labute approximate surface area is 131 Å². The number of benzene rings is 2. The molecule has 0 bridgehead atoms. The third-order valence-electron chi connectivity index (χ3n) is 4.02. The van der Waals surface area contributed by atoms with Gasteiger partial charge >= 0.3 is 0 Å². The lowest BCUT2D eigenvalue weighted by Crippen LogP contribution is -2.15. The molecule has 0 atom stereocenters. The van der Waals surface area contributed by atoms with E-state index in [9.17, 15) is 0 Å². The SMILES string of the molecule is C=Cc1ccc(CNCCCc2c[nH]c3ccccc23)cc1. The summed E-state index contributed by atoms with van der Waals surface area (Å²) in [7, 11) is 0. The van der Waals surface area contributed by atoms with E-state index in [4.69, 9.17) is 0 Å². The van der Waals surface area contributed by atoms with Crippen molar-refractivity contribution in [1.82, 2.24) is 10.3 Å². The second-order valence-corrected chi connectivity index (χ2v) is 5.59. The molecule has 2 N–H and O–H groups in total. The van der Waals surface area contributed by atoms with Gasteiger partial charge in [-0.25, -0.2) is 0 Å². The van der Waals surface area contributed by atoms with Crippen LogP contribution in [0.3, 0.4) is 0 Å². The summed E-state index contributed by atoms with van der Waals surface area (Å²) < 4.78 is 0. The van der Waals surface area contributed by atoms with Gasteiger partial charge in [-0.1, -0.05) is 55.1 Å². The van der Waals surface area contributed by atoms with E-state index < -0.39 is 0 Å². The molecule has 0 spiro atoms. The van der Waals surface area contributed by atoms with E-state index in [1.54, 1.807) is 0 Å². The van der Waals surface area contributed by atoms with Crippen molar-refractivity contribution in [3.05, 3.63) is 78.0 Å². The van der Waals surface area contributed by atoms with Gasteiger partial charge in [0.25, 0.3) is 0 Å². The molecule has 0 fully saturated rings. The molecule has 0 aliphatic carbocycles. The second-order valence-electron chi connectivity index (χ2n) is 5.59. The van der Waals surface area contributed by atoms with Gasteiger partial charge in [0, 0.05) is 23.6 Å². The Bertz CT molecular complexity index is 738. The van der Waals surface area contributed by atoms with Gasteiger partial charge in [0.2, 0.25) is 0 Å². The van der Waals surface area contributed by atoms with Crippen molar-refractivity contribution in [2.75, 3.05) is 6.54 Å². The first kappa shape index (κ1) is 14.6. The van der Waals surface area contributed by atoms with E-state index in [-0.39, 0.29) is 0 Å². The smallest absolute Gasteiger partial charge is 0.0456 e. The molecule has 0 unspecified atom stereocenters. The van der Waals surface area contributed by atoms with Crippen molar-refractivity contribution in [3.63, 3.8) is 0 Å². The first-order valence-electron chi connectivity index (χ1n) is 7.84. The monoisotopic (exact) mass is 290 g/mol. The maximum absolute atomic E-state index is 3.77. The van der Waals surface area contributed by atoms with Gasteiger partial charge in [-0.3, -0.25) is 0 Å². The lowest BCUT2D eigenvalue weighted by Gasteiger charge is -2.05. The Kier molecular flexibility index (Phi) is 4.71. The van der Waals surface area contributed by atoms with Crippen LogP contribution in [0.2, 0.25) is 0 Å². The number of para-hydroxylation sites is 1. The fourth-order valence-corrected chi connectivity index (χ4v) is 2.75. The van der Waals surface area contributed by atoms with E-state index in [2.05, 4.69) is 71.6 Å². The van der Waals surface area contributed by atoms with Crippen molar-refractivity contribution < 1.29 is 0 Å². The van der Waals surface area contributed by atoms with Crippen LogP contribution in [0.15, 0.2) is 61.3 Å². The summed E-state index contributed by atoms with van der Waals surface area (Å²) in [5.41, 5.74) is 5.13. The maximum Gasteiger partial charge on any atom is 0.0456 e. The van der Waals surface area contributed by atoms with E-state index in [0.717, 1.165) is 25.9 Å². The minimum atomic E-state index is 0.922. The topological polar surface area (TPSA) is 27.8 Å². The number of hydrogen-bond acceptors (Lipinski definition) is 1. The maximum atomic E-state index is 3.77. The van der Waals surface area contributed by atoms with Crippen molar-refractivity contribution in [3.8, 4) is 0 Å². The number of fused-ring (bicyclic) bond motifs is 1. The number of aromatic nitrogens is 1. The minimum Gasteiger partial charge on any atom is -0.361 e. The lowest BCUT2D eigenvalue weighted by molar-refractivity contribution is 0.650. The number of rotatable bonds is 7. The molecule has 3 aromatic rings. The second kappa shape index (κ2) is 7.10. The van der Waals surface area contributed by atoms with E-state index >= 15 is 0 Å². The molecule has 2 heteroatoms. The number of nitrogens with one attached hydrogen (secondary N) is 2. The zero-order valence-corrected chi connectivity index (χ0v) is 12.8. The average Bonchev–Trinajstić information content (AvgIpc) is 2.98. The van der Waals surface area contributed by atoms with E-state index in [0.29, 0.717) is 0 Å². The fraction of sp³-hybridized carbons (Fsp3) is 0.200. The normalized spacial score (nSPS) is 10.9. The average molecular weight is 290 g/mol. The molecule has 2 aromatic carbocycles. The minimum absolute atomic E-state index is 0.922. The molecule has 0 aliphatic rings. The highest BCUT2D eigenvalue weighted by molar-refractivity contribution is 5.82. The molecule has 3 rings (SSSR count). The van der Waals surface area contributed by atoms with Gasteiger partial charge in [0.1, 0.15) is 0 Å². The molecule has 1 aromatic heterocycles. The van der Waals surface area contributed by atoms with Crippen molar-refractivity contribution in [2.24, 2.45) is 0 Å². The van der Waals surface area contributed by atoms with E-state index in [1.807, 2.05) is 6.08 Å². The standard InChI is InChI=1S/C20H22N2/c1-2-16-9-11-17(12-10-16)14-21-13-5-6-18-15-22-20-8-4-3-7-19(18)20/h2-4,7-12,15,21-22H,1,5-6,13-14H2. The number of aryl methyl sites for hydroxylation is 1. The van der Waals surface area contributed by atoms with Gasteiger partial charge in [0.05, 0.1) is 0 Å². The van der Waals surface area contributed by atoms with Crippen LogP contribution in [0.5, 0.6) is 0 Å². The van der Waals surface area contributed by atoms with Crippen molar-refractivity contribution >= 4 is 17.0 Å². The van der Waals surface area contributed by atoms with Crippen LogP contribution in [-0.4, -0.2) is 11.5 Å². The predicted molar refractivity (Wildman–Crippen MR) is 94.9 cm³/mol. The Balaban J connectivity index is 1.44. The van der Waals surface area contributed by atoms with Gasteiger partial charge in [-0.05, 0) is 42.1 Å². The lowest BCUT2D eigenvalue weighted by atomic mass is 10.1. The third kappa shape index (κ3) is 3.46. The summed E-state index contributed by atoms with van der Waals surface area (Å²) in [5.74, 6) is 0. The summed E-state index contributed by atoms with van der Waals surface area (Å²) in [6.07, 6.45) is 6.26. The van der Waals surface area contributed by atoms with Gasteiger partial charge in [-0.2, -0.15) is 0 Å². The Morgan fingerprint density at radius 3 is 2.68 bits per heavy atom. The molecule has 2 nitrogen and oxygen atoms in total. The molecule has 0 saturated carbocycles. The molecular weight excluding hydrogens is 268 g/mol. The Morgan fingerprint density at radius 2 is 1.86 bits per heavy atom. The first-order valence-corrected chi connectivity index (χ1v) is 7.84. The molecule has 1 heterocycles. The van der Waals surface area contributed by atoms with Crippen LogP contribution in [0.1, 0.15) is 23.1 Å². The fourth-order valence-electron chi connectivity index (χ4n) is 2.75. The predicted octanol–water partition coefficient (Wildman–Crippen LogP) is 4.53. The quantitative estimate of drug-likeness (QED) is 0.615. The van der Waals surface area contributed by atoms with Gasteiger partial charge in [0.15, 0.2) is 0 Å². The molecule has 22 heavy (non-hydrogen) atoms. The summed E-state index contributed by atoms with van der Waals surface area (Å²) >= 11 is 0. The molecule has 0 radical (unpaired) electrons. The Hall–Kier alpha value is -2.32. The van der Waals surface area contributed by atoms with Crippen LogP contribution in [0.25, 0.3) is 17.0 Å². The molecule has 0 amide bonds. The number of hydrogen-bond donors (Lipinski definition) is 2. The highest BCUT2D eigenvalue weighted by Gasteiger charge is 2.02. The zero-order valence-electron chi connectivity index (χ0n) is 12.8. The highest BCUT2D eigenvalue weighted by Crippen LogP contribution is 2.18. The first-order chi connectivity index (χ1) is 10.9. The van der Waals surface area contributed by atoms with Crippen LogP contribution in [-0.2, 0) is 13.0 Å². The third-order valence-corrected chi connectivity index (χ3v) is 4.02. The Morgan fingerprint density at radius 1 is 1.05 bits per heavy atom. The van der Waals surface area contributed by atoms with Crippen LogP contribution in [0.4, 0.5) is 0 Å². The van der Waals surface area contributed by atoms with Crippen molar-refractivity contribution in [2.45, 2.75) is 19.4 Å². The van der Waals surface area contributed by atoms with Crippen molar-refractivity contribution in [1.29, 1.82) is 0 Å². The summed E-state index contributed by atoms with van der Waals surface area (Å²) in [6.45, 7) is 5.73. The van der Waals surface area contributed by atoms with Gasteiger partial charge in [-0.15, -0.1) is 0 Å². The molecule has 112 valence electrons. The molecule has 0 saturated heterocycles. The van der Waals surface area contributed by atoms with E-state index in [1.165, 1.54) is 27.6 Å². The number of aromatic amines is 1. The molecular formula is C20H22N2. The largest absolute Gasteiger partial charge is 0.361 e. The van der Waals surface area contributed by atoms with Crippen LogP contribution in [0, 0.1) is 0 Å². The van der Waals surface area contributed by atoms with Crippen LogP contribution < -0.4 is 5.32 Å². The summed E-state index contributed by atoms with van der Waals surface area (Å²) in [4.78, 5) is 3.34. The summed E-state index contributed by atoms with van der Waals surface area (Å²) in [5, 5.41) is 4.86. The highest BCUT2D eigenvalue weighted by atomic mass is 14.8. The zero-order chi connectivity index (χ0) is 15.2.